The maximum absolute atomic E-state index is 11.6. The van der Waals surface area contributed by atoms with Crippen LogP contribution in [0.25, 0.3) is 0 Å². The first-order chi connectivity index (χ1) is 9.29. The van der Waals surface area contributed by atoms with Crippen LogP contribution >= 0.6 is 23.2 Å². The minimum absolute atomic E-state index is 0.232. The Morgan fingerprint density at radius 3 is 2.40 bits per heavy atom. The maximum Gasteiger partial charge on any atom is 0.175 e. The molecule has 3 nitrogen and oxygen atoms in total. The van der Waals surface area contributed by atoms with Crippen LogP contribution in [0, 0.1) is 0 Å². The molecule has 0 heterocycles. The van der Waals surface area contributed by atoms with E-state index in [0.717, 1.165) is 6.26 Å². The number of rotatable bonds is 3. The SMILES string of the molecule is CS(=O)(=O)c1cccc(C(N)c2ccc(Cl)cc2Cl)c1. The summed E-state index contributed by atoms with van der Waals surface area (Å²) in [5.74, 6) is 0. The van der Waals surface area contributed by atoms with Gasteiger partial charge >= 0.3 is 0 Å². The lowest BCUT2D eigenvalue weighted by Gasteiger charge is -2.15. The Morgan fingerprint density at radius 1 is 1.10 bits per heavy atom. The van der Waals surface area contributed by atoms with Crippen molar-refractivity contribution in [2.75, 3.05) is 6.26 Å². The Bertz CT molecular complexity index is 745. The Balaban J connectivity index is 2.46. The van der Waals surface area contributed by atoms with Gasteiger partial charge in [-0.05, 0) is 35.4 Å². The topological polar surface area (TPSA) is 60.2 Å². The van der Waals surface area contributed by atoms with Crippen LogP contribution in [0.1, 0.15) is 17.2 Å². The van der Waals surface area contributed by atoms with Crippen LogP contribution in [0.15, 0.2) is 47.4 Å². The van der Waals surface area contributed by atoms with Gasteiger partial charge in [0.25, 0.3) is 0 Å². The largest absolute Gasteiger partial charge is 0.320 e. The van der Waals surface area contributed by atoms with E-state index < -0.39 is 15.9 Å². The maximum atomic E-state index is 11.6. The van der Waals surface area contributed by atoms with Gasteiger partial charge < -0.3 is 5.73 Å². The normalized spacial score (nSPS) is 13.2. The highest BCUT2D eigenvalue weighted by Gasteiger charge is 2.15. The van der Waals surface area contributed by atoms with Crippen molar-refractivity contribution in [3.8, 4) is 0 Å². The molecule has 6 heteroatoms. The highest BCUT2D eigenvalue weighted by Crippen LogP contribution is 2.29. The van der Waals surface area contributed by atoms with Gasteiger partial charge in [0, 0.05) is 16.3 Å². The average Bonchev–Trinajstić information content (AvgIpc) is 2.37. The molecule has 2 N–H and O–H groups in total. The van der Waals surface area contributed by atoms with Gasteiger partial charge in [0.1, 0.15) is 0 Å². The van der Waals surface area contributed by atoms with Gasteiger partial charge in [-0.1, -0.05) is 41.4 Å². The van der Waals surface area contributed by atoms with Gasteiger partial charge in [-0.3, -0.25) is 0 Å². The van der Waals surface area contributed by atoms with Crippen molar-refractivity contribution in [3.05, 3.63) is 63.6 Å². The first-order valence-electron chi connectivity index (χ1n) is 5.79. The second kappa shape index (κ2) is 5.74. The molecule has 0 amide bonds. The summed E-state index contributed by atoms with van der Waals surface area (Å²) in [5.41, 5.74) is 7.53. The van der Waals surface area contributed by atoms with Gasteiger partial charge in [-0.2, -0.15) is 0 Å². The number of halogens is 2. The second-order valence-electron chi connectivity index (χ2n) is 4.49. The summed E-state index contributed by atoms with van der Waals surface area (Å²) in [5, 5.41) is 0.977. The molecule has 0 spiro atoms. The van der Waals surface area contributed by atoms with E-state index in [1.807, 2.05) is 0 Å². The zero-order valence-electron chi connectivity index (χ0n) is 10.7. The summed E-state index contributed by atoms with van der Waals surface area (Å²) in [7, 11) is -3.27. The molecule has 0 saturated heterocycles. The monoisotopic (exact) mass is 329 g/mol. The van der Waals surface area contributed by atoms with Gasteiger partial charge in [-0.25, -0.2) is 8.42 Å². The third kappa shape index (κ3) is 3.33. The molecule has 0 radical (unpaired) electrons. The fourth-order valence-corrected chi connectivity index (χ4v) is 3.07. The van der Waals surface area contributed by atoms with Crippen molar-refractivity contribution in [1.82, 2.24) is 0 Å². The smallest absolute Gasteiger partial charge is 0.175 e. The van der Waals surface area contributed by atoms with Crippen molar-refractivity contribution in [3.63, 3.8) is 0 Å². The molecule has 0 saturated carbocycles. The molecule has 2 rings (SSSR count). The number of sulfone groups is 1. The molecule has 2 aromatic carbocycles. The van der Waals surface area contributed by atoms with Crippen molar-refractivity contribution in [2.45, 2.75) is 10.9 Å². The van der Waals surface area contributed by atoms with Crippen molar-refractivity contribution >= 4 is 33.0 Å². The molecular formula is C14H13Cl2NO2S. The van der Waals surface area contributed by atoms with Crippen LogP contribution in [0.3, 0.4) is 0 Å². The van der Waals surface area contributed by atoms with Gasteiger partial charge in [0.2, 0.25) is 0 Å². The fourth-order valence-electron chi connectivity index (χ4n) is 1.87. The lowest BCUT2D eigenvalue weighted by molar-refractivity contribution is 0.601. The van der Waals surface area contributed by atoms with E-state index in [2.05, 4.69) is 0 Å². The zero-order valence-corrected chi connectivity index (χ0v) is 13.0. The molecule has 0 aromatic heterocycles. The van der Waals surface area contributed by atoms with E-state index in [1.165, 1.54) is 6.07 Å². The van der Waals surface area contributed by atoms with E-state index >= 15 is 0 Å². The predicted molar refractivity (Wildman–Crippen MR) is 82.0 cm³/mol. The molecule has 0 fully saturated rings. The van der Waals surface area contributed by atoms with Gasteiger partial charge in [0.05, 0.1) is 10.9 Å². The number of nitrogens with two attached hydrogens (primary N) is 1. The van der Waals surface area contributed by atoms with Crippen molar-refractivity contribution in [1.29, 1.82) is 0 Å². The van der Waals surface area contributed by atoms with Crippen LogP contribution in [-0.4, -0.2) is 14.7 Å². The average molecular weight is 330 g/mol. The van der Waals surface area contributed by atoms with E-state index in [9.17, 15) is 8.42 Å². The van der Waals surface area contributed by atoms with Gasteiger partial charge in [-0.15, -0.1) is 0 Å². The first kappa shape index (κ1) is 15.3. The summed E-state index contributed by atoms with van der Waals surface area (Å²) in [6.07, 6.45) is 1.16. The molecule has 0 bridgehead atoms. The third-order valence-corrected chi connectivity index (χ3v) is 4.62. The molecule has 0 aliphatic heterocycles. The van der Waals surface area contributed by atoms with E-state index in [-0.39, 0.29) is 4.90 Å². The standard InChI is InChI=1S/C14H13Cl2NO2S/c1-20(18,19)11-4-2-3-9(7-11)14(17)12-6-5-10(15)8-13(12)16/h2-8,14H,17H2,1H3. The van der Waals surface area contributed by atoms with Crippen molar-refractivity contribution in [2.24, 2.45) is 5.73 Å². The minimum Gasteiger partial charge on any atom is -0.320 e. The minimum atomic E-state index is -3.27. The third-order valence-electron chi connectivity index (χ3n) is 2.94. The predicted octanol–water partition coefficient (Wildman–Crippen LogP) is 3.45. The van der Waals surface area contributed by atoms with Crippen LogP contribution in [-0.2, 0) is 9.84 Å². The Hall–Kier alpha value is -1.07. The summed E-state index contributed by atoms with van der Waals surface area (Å²) < 4.78 is 23.1. The molecule has 20 heavy (non-hydrogen) atoms. The molecule has 0 aliphatic carbocycles. The lowest BCUT2D eigenvalue weighted by atomic mass is 10.00. The highest BCUT2D eigenvalue weighted by atomic mass is 35.5. The number of benzene rings is 2. The summed E-state index contributed by atoms with van der Waals surface area (Å²) in [6.45, 7) is 0. The van der Waals surface area contributed by atoms with Gasteiger partial charge in [0.15, 0.2) is 9.84 Å². The second-order valence-corrected chi connectivity index (χ2v) is 7.35. The highest BCUT2D eigenvalue weighted by molar-refractivity contribution is 7.90. The number of hydrogen-bond donors (Lipinski definition) is 1. The fraction of sp³-hybridized carbons (Fsp3) is 0.143. The molecule has 2 aromatic rings. The Morgan fingerprint density at radius 2 is 1.80 bits per heavy atom. The van der Waals surface area contributed by atoms with E-state index in [4.69, 9.17) is 28.9 Å². The van der Waals surface area contributed by atoms with Crippen LogP contribution in [0.5, 0.6) is 0 Å². The van der Waals surface area contributed by atoms with Crippen LogP contribution < -0.4 is 5.73 Å². The molecule has 1 unspecified atom stereocenters. The summed E-state index contributed by atoms with van der Waals surface area (Å²) in [6, 6.07) is 11.1. The van der Waals surface area contributed by atoms with Crippen molar-refractivity contribution < 1.29 is 8.42 Å². The summed E-state index contributed by atoms with van der Waals surface area (Å²) >= 11 is 12.0. The summed E-state index contributed by atoms with van der Waals surface area (Å²) in [4.78, 5) is 0.232. The Labute approximate surface area is 128 Å². The van der Waals surface area contributed by atoms with E-state index in [1.54, 1.807) is 36.4 Å². The Kier molecular flexibility index (Phi) is 4.39. The number of hydrogen-bond acceptors (Lipinski definition) is 3. The lowest BCUT2D eigenvalue weighted by Crippen LogP contribution is -2.13. The van der Waals surface area contributed by atoms with E-state index in [0.29, 0.717) is 21.2 Å². The zero-order chi connectivity index (χ0) is 14.9. The molecular weight excluding hydrogens is 317 g/mol. The molecule has 106 valence electrons. The molecule has 1 atom stereocenters. The quantitative estimate of drug-likeness (QED) is 0.938. The molecule has 0 aliphatic rings. The van der Waals surface area contributed by atoms with Crippen LogP contribution in [0.2, 0.25) is 10.0 Å². The first-order valence-corrected chi connectivity index (χ1v) is 8.44. The van der Waals surface area contributed by atoms with Crippen LogP contribution in [0.4, 0.5) is 0 Å².